The van der Waals surface area contributed by atoms with E-state index in [0.29, 0.717) is 17.1 Å². The predicted octanol–water partition coefficient (Wildman–Crippen LogP) is 4.49. The predicted molar refractivity (Wildman–Crippen MR) is 95.6 cm³/mol. The van der Waals surface area contributed by atoms with Crippen molar-refractivity contribution in [1.29, 1.82) is 0 Å². The summed E-state index contributed by atoms with van der Waals surface area (Å²) in [5.74, 6) is -0.100. The lowest BCUT2D eigenvalue weighted by molar-refractivity contribution is 0.0947. The summed E-state index contributed by atoms with van der Waals surface area (Å²) >= 11 is 9.44. The van der Waals surface area contributed by atoms with Crippen molar-refractivity contribution in [3.8, 4) is 0 Å². The van der Waals surface area contributed by atoms with Crippen molar-refractivity contribution in [3.63, 3.8) is 0 Å². The molecule has 1 saturated heterocycles. The summed E-state index contributed by atoms with van der Waals surface area (Å²) < 4.78 is 0.862. The minimum Gasteiger partial charge on any atom is -0.352 e. The maximum Gasteiger partial charge on any atom is 0.252 e. The van der Waals surface area contributed by atoms with Crippen LogP contribution in [0, 0.1) is 0 Å². The van der Waals surface area contributed by atoms with Gasteiger partial charge in [-0.15, -0.1) is 0 Å². The molecule has 1 heterocycles. The molecule has 0 radical (unpaired) electrons. The summed E-state index contributed by atoms with van der Waals surface area (Å²) in [5.41, 5.74) is 0.528. The Morgan fingerprint density at radius 2 is 2.27 bits per heavy atom. The van der Waals surface area contributed by atoms with Crippen LogP contribution in [0.15, 0.2) is 22.7 Å². The van der Waals surface area contributed by atoms with Crippen molar-refractivity contribution in [2.24, 2.45) is 0 Å². The molecule has 3 nitrogen and oxygen atoms in total. The van der Waals surface area contributed by atoms with Gasteiger partial charge in [-0.3, -0.25) is 4.79 Å². The van der Waals surface area contributed by atoms with E-state index < -0.39 is 0 Å². The molecule has 1 aromatic carbocycles. The van der Waals surface area contributed by atoms with Gasteiger partial charge in [-0.2, -0.15) is 0 Å². The summed E-state index contributed by atoms with van der Waals surface area (Å²) in [4.78, 5) is 14.7. The van der Waals surface area contributed by atoms with Crippen LogP contribution in [-0.4, -0.2) is 36.5 Å². The number of piperidine rings is 1. The van der Waals surface area contributed by atoms with E-state index in [2.05, 4.69) is 33.1 Å². The third-order valence-electron chi connectivity index (χ3n) is 4.30. The summed E-state index contributed by atoms with van der Waals surface area (Å²) in [6.07, 6.45) is 6.17. The Bertz CT molecular complexity index is 509. The number of carbonyl (C=O) groups is 1. The Hall–Kier alpha value is -0.580. The molecule has 1 aliphatic rings. The summed E-state index contributed by atoms with van der Waals surface area (Å²) in [6, 6.07) is 6.06. The largest absolute Gasteiger partial charge is 0.352 e. The second-order valence-corrected chi connectivity index (χ2v) is 7.15. The van der Waals surface area contributed by atoms with Gasteiger partial charge in [0.2, 0.25) is 0 Å². The highest BCUT2D eigenvalue weighted by Crippen LogP contribution is 2.21. The third-order valence-corrected chi connectivity index (χ3v) is 5.12. The Morgan fingerprint density at radius 3 is 3.05 bits per heavy atom. The quantitative estimate of drug-likeness (QED) is 0.730. The van der Waals surface area contributed by atoms with E-state index in [4.69, 9.17) is 11.6 Å². The number of nitrogens with zero attached hydrogens (tertiary/aromatic N) is 1. The van der Waals surface area contributed by atoms with Crippen LogP contribution < -0.4 is 5.32 Å². The van der Waals surface area contributed by atoms with Crippen molar-refractivity contribution in [1.82, 2.24) is 10.2 Å². The summed E-state index contributed by atoms with van der Waals surface area (Å²) in [7, 11) is 0. The number of hydrogen-bond donors (Lipinski definition) is 1. The number of halogens is 2. The fourth-order valence-electron chi connectivity index (χ4n) is 3.07. The normalized spacial score (nSPS) is 19.1. The molecule has 0 bridgehead atoms. The topological polar surface area (TPSA) is 32.3 Å². The summed E-state index contributed by atoms with van der Waals surface area (Å²) in [6.45, 7) is 5.21. The molecule has 0 saturated carbocycles. The lowest BCUT2D eigenvalue weighted by atomic mass is 10.00. The summed E-state index contributed by atoms with van der Waals surface area (Å²) in [5, 5.41) is 3.46. The number of benzene rings is 1. The van der Waals surface area contributed by atoms with Crippen LogP contribution in [0.1, 0.15) is 49.4 Å². The SMILES string of the molecule is CC[C@H]1CCCCN1CCCNC(=O)c1cc(Br)ccc1Cl. The third kappa shape index (κ3) is 4.97. The fraction of sp³-hybridized carbons (Fsp3) is 0.588. The fourth-order valence-corrected chi connectivity index (χ4v) is 3.63. The number of hydrogen-bond acceptors (Lipinski definition) is 2. The first kappa shape index (κ1) is 17.8. The van der Waals surface area contributed by atoms with Crippen LogP contribution in [0.3, 0.4) is 0 Å². The molecule has 1 atom stereocenters. The molecule has 2 rings (SSSR count). The van der Waals surface area contributed by atoms with E-state index in [0.717, 1.165) is 23.5 Å². The van der Waals surface area contributed by atoms with Crippen LogP contribution in [0.5, 0.6) is 0 Å². The van der Waals surface area contributed by atoms with E-state index in [1.807, 2.05) is 6.07 Å². The van der Waals surface area contributed by atoms with Gasteiger partial charge in [0.05, 0.1) is 10.6 Å². The number of nitrogens with one attached hydrogen (secondary N) is 1. The van der Waals surface area contributed by atoms with Crippen LogP contribution >= 0.6 is 27.5 Å². The van der Waals surface area contributed by atoms with Gasteiger partial charge < -0.3 is 10.2 Å². The Balaban J connectivity index is 1.76. The number of amides is 1. The van der Waals surface area contributed by atoms with Crippen molar-refractivity contribution >= 4 is 33.4 Å². The Labute approximate surface area is 146 Å². The van der Waals surface area contributed by atoms with Gasteiger partial charge in [0.25, 0.3) is 5.91 Å². The van der Waals surface area contributed by atoms with E-state index in [1.54, 1.807) is 12.1 Å². The molecule has 0 spiro atoms. The van der Waals surface area contributed by atoms with E-state index in [9.17, 15) is 4.79 Å². The highest BCUT2D eigenvalue weighted by atomic mass is 79.9. The first-order chi connectivity index (χ1) is 10.6. The molecule has 5 heteroatoms. The van der Waals surface area contributed by atoms with Gasteiger partial charge in [0, 0.05) is 23.6 Å². The van der Waals surface area contributed by atoms with Crippen molar-refractivity contribution in [2.45, 2.75) is 45.1 Å². The lowest BCUT2D eigenvalue weighted by Gasteiger charge is -2.35. The van der Waals surface area contributed by atoms with Gasteiger partial charge >= 0.3 is 0 Å². The standard InChI is InChI=1S/C17H24BrClN2O/c1-2-14-6-3-4-10-21(14)11-5-9-20-17(22)15-12-13(18)7-8-16(15)19/h7-8,12,14H,2-6,9-11H2,1H3,(H,20,22)/t14-/m0/s1. The lowest BCUT2D eigenvalue weighted by Crippen LogP contribution is -2.40. The Kier molecular flexibility index (Phi) is 7.19. The molecule has 1 aromatic rings. The average molecular weight is 388 g/mol. The maximum atomic E-state index is 12.2. The number of likely N-dealkylation sites (tertiary alicyclic amines) is 1. The van der Waals surface area contributed by atoms with Gasteiger partial charge in [-0.05, 0) is 50.4 Å². The monoisotopic (exact) mass is 386 g/mol. The molecule has 1 amide bonds. The zero-order valence-electron chi connectivity index (χ0n) is 13.1. The van der Waals surface area contributed by atoms with Crippen molar-refractivity contribution in [3.05, 3.63) is 33.3 Å². The highest BCUT2D eigenvalue weighted by Gasteiger charge is 2.20. The first-order valence-electron chi connectivity index (χ1n) is 8.09. The van der Waals surface area contributed by atoms with Crippen LogP contribution in [0.4, 0.5) is 0 Å². The second-order valence-electron chi connectivity index (χ2n) is 5.83. The zero-order chi connectivity index (χ0) is 15.9. The zero-order valence-corrected chi connectivity index (χ0v) is 15.4. The van der Waals surface area contributed by atoms with Gasteiger partial charge in [-0.25, -0.2) is 0 Å². The van der Waals surface area contributed by atoms with Crippen LogP contribution in [-0.2, 0) is 0 Å². The minimum atomic E-state index is -0.100. The van der Waals surface area contributed by atoms with Crippen LogP contribution in [0.2, 0.25) is 5.02 Å². The molecule has 1 aliphatic heterocycles. The highest BCUT2D eigenvalue weighted by molar-refractivity contribution is 9.10. The number of rotatable bonds is 6. The molecule has 22 heavy (non-hydrogen) atoms. The molecule has 122 valence electrons. The minimum absolute atomic E-state index is 0.100. The van der Waals surface area contributed by atoms with E-state index in [-0.39, 0.29) is 5.91 Å². The molecule has 0 aromatic heterocycles. The first-order valence-corrected chi connectivity index (χ1v) is 9.26. The van der Waals surface area contributed by atoms with Crippen LogP contribution in [0.25, 0.3) is 0 Å². The molecule has 0 unspecified atom stereocenters. The Morgan fingerprint density at radius 1 is 1.45 bits per heavy atom. The van der Waals surface area contributed by atoms with Crippen molar-refractivity contribution < 1.29 is 4.79 Å². The van der Waals surface area contributed by atoms with Gasteiger partial charge in [0.1, 0.15) is 0 Å². The molecule has 0 aliphatic carbocycles. The molecular weight excluding hydrogens is 364 g/mol. The van der Waals surface area contributed by atoms with Gasteiger partial charge in [0.15, 0.2) is 0 Å². The van der Waals surface area contributed by atoms with E-state index >= 15 is 0 Å². The smallest absolute Gasteiger partial charge is 0.252 e. The molecule has 1 N–H and O–H groups in total. The molecule has 1 fully saturated rings. The molecular formula is C17H24BrClN2O. The van der Waals surface area contributed by atoms with Gasteiger partial charge in [-0.1, -0.05) is 40.9 Å². The second kappa shape index (κ2) is 8.90. The van der Waals surface area contributed by atoms with E-state index in [1.165, 1.54) is 32.2 Å². The maximum absolute atomic E-state index is 12.2. The number of carbonyl (C=O) groups excluding carboxylic acids is 1. The van der Waals surface area contributed by atoms with Crippen molar-refractivity contribution in [2.75, 3.05) is 19.6 Å². The average Bonchev–Trinajstić information content (AvgIpc) is 2.54.